The minimum Gasteiger partial charge on any atom is -0.393 e. The Morgan fingerprint density at radius 2 is 1.59 bits per heavy atom. The van der Waals surface area contributed by atoms with Gasteiger partial charge >= 0.3 is 0 Å². The Kier molecular flexibility index (Phi) is 9.56. The van der Waals surface area contributed by atoms with Crippen molar-refractivity contribution in [3.63, 3.8) is 0 Å². The standard InChI is InChI=1S/C22H26Cl2N2O.2ClH/c23-20-7-5-17(13-21(20)24)15-1-3-16(4-2-15)19(18-6-8-22(18)27)14-26-11-9-25-10-12-26;;/h1-5,7,13,18-19,22,25,27H,6,8-12,14H2;2*1H. The van der Waals surface area contributed by atoms with Crippen molar-refractivity contribution in [2.24, 2.45) is 5.92 Å². The highest BCUT2D eigenvalue weighted by molar-refractivity contribution is 6.42. The third-order valence-electron chi connectivity index (χ3n) is 6.06. The fraction of sp³-hybridized carbons (Fsp3) is 0.455. The van der Waals surface area contributed by atoms with Crippen LogP contribution >= 0.6 is 48.0 Å². The molecule has 2 aliphatic rings. The summed E-state index contributed by atoms with van der Waals surface area (Å²) < 4.78 is 0. The van der Waals surface area contributed by atoms with Gasteiger partial charge in [-0.1, -0.05) is 53.5 Å². The number of hydrogen-bond donors (Lipinski definition) is 2. The van der Waals surface area contributed by atoms with E-state index in [9.17, 15) is 5.11 Å². The van der Waals surface area contributed by atoms with Crippen LogP contribution in [0.1, 0.15) is 24.3 Å². The van der Waals surface area contributed by atoms with E-state index in [-0.39, 0.29) is 30.9 Å². The highest BCUT2D eigenvalue weighted by Gasteiger charge is 2.37. The van der Waals surface area contributed by atoms with Gasteiger partial charge in [0.15, 0.2) is 0 Å². The summed E-state index contributed by atoms with van der Waals surface area (Å²) in [6.07, 6.45) is 1.89. The molecule has 2 aromatic rings. The van der Waals surface area contributed by atoms with Crippen LogP contribution < -0.4 is 5.32 Å². The second-order valence-electron chi connectivity index (χ2n) is 7.72. The Balaban J connectivity index is 0.00000150. The second-order valence-corrected chi connectivity index (χ2v) is 8.53. The van der Waals surface area contributed by atoms with Gasteiger partial charge in [0.25, 0.3) is 0 Å². The van der Waals surface area contributed by atoms with Gasteiger partial charge in [0.05, 0.1) is 16.1 Å². The number of piperazine rings is 1. The van der Waals surface area contributed by atoms with Gasteiger partial charge in [-0.15, -0.1) is 24.8 Å². The highest BCUT2D eigenvalue weighted by Crippen LogP contribution is 2.40. The molecule has 3 nitrogen and oxygen atoms in total. The maximum absolute atomic E-state index is 10.3. The molecule has 1 heterocycles. The maximum Gasteiger partial charge on any atom is 0.0598 e. The summed E-state index contributed by atoms with van der Waals surface area (Å²) >= 11 is 12.2. The van der Waals surface area contributed by atoms with E-state index in [2.05, 4.69) is 34.5 Å². The zero-order valence-electron chi connectivity index (χ0n) is 16.2. The van der Waals surface area contributed by atoms with Gasteiger partial charge in [-0.3, -0.25) is 0 Å². The van der Waals surface area contributed by atoms with E-state index in [1.807, 2.05) is 18.2 Å². The molecule has 2 aromatic carbocycles. The predicted molar refractivity (Wildman–Crippen MR) is 127 cm³/mol. The molecule has 2 N–H and O–H groups in total. The van der Waals surface area contributed by atoms with Crippen molar-refractivity contribution in [1.82, 2.24) is 10.2 Å². The van der Waals surface area contributed by atoms with E-state index in [1.54, 1.807) is 0 Å². The first-order valence-corrected chi connectivity index (χ1v) is 10.5. The van der Waals surface area contributed by atoms with Crippen molar-refractivity contribution in [2.45, 2.75) is 24.9 Å². The Morgan fingerprint density at radius 1 is 0.931 bits per heavy atom. The summed E-state index contributed by atoms with van der Waals surface area (Å²) in [7, 11) is 0. The summed E-state index contributed by atoms with van der Waals surface area (Å²) in [5.41, 5.74) is 3.52. The third kappa shape index (κ3) is 5.80. The van der Waals surface area contributed by atoms with Gasteiger partial charge in [-0.05, 0) is 47.6 Å². The Morgan fingerprint density at radius 3 is 2.14 bits per heavy atom. The summed E-state index contributed by atoms with van der Waals surface area (Å²) in [6.45, 7) is 5.29. The topological polar surface area (TPSA) is 35.5 Å². The number of rotatable bonds is 5. The van der Waals surface area contributed by atoms with Crippen molar-refractivity contribution in [3.8, 4) is 11.1 Å². The Hall–Kier alpha value is -0.520. The summed E-state index contributed by atoms with van der Waals surface area (Å²) in [5.74, 6) is 0.755. The second kappa shape index (κ2) is 11.2. The molecule has 4 rings (SSSR count). The molecule has 0 spiro atoms. The van der Waals surface area contributed by atoms with Gasteiger partial charge in [0, 0.05) is 38.6 Å². The number of aliphatic hydroxyl groups excluding tert-OH is 1. The van der Waals surface area contributed by atoms with Crippen molar-refractivity contribution in [1.29, 1.82) is 0 Å². The number of nitrogens with zero attached hydrogens (tertiary/aromatic N) is 1. The molecule has 29 heavy (non-hydrogen) atoms. The van der Waals surface area contributed by atoms with Crippen molar-refractivity contribution in [2.75, 3.05) is 32.7 Å². The molecule has 0 bridgehead atoms. The van der Waals surface area contributed by atoms with E-state index in [1.165, 1.54) is 5.56 Å². The van der Waals surface area contributed by atoms with Crippen LogP contribution in [0.4, 0.5) is 0 Å². The molecule has 0 amide bonds. The number of benzene rings is 2. The van der Waals surface area contributed by atoms with Crippen LogP contribution in [0.3, 0.4) is 0 Å². The zero-order valence-corrected chi connectivity index (χ0v) is 19.3. The van der Waals surface area contributed by atoms with Gasteiger partial charge in [-0.25, -0.2) is 0 Å². The normalized spacial score (nSPS) is 22.7. The molecular weight excluding hydrogens is 450 g/mol. The Labute approximate surface area is 195 Å². The van der Waals surface area contributed by atoms with Crippen LogP contribution in [0, 0.1) is 5.92 Å². The number of hydrogen-bond acceptors (Lipinski definition) is 3. The first-order chi connectivity index (χ1) is 13.1. The molecule has 3 unspecified atom stereocenters. The fourth-order valence-electron chi connectivity index (χ4n) is 4.24. The van der Waals surface area contributed by atoms with E-state index >= 15 is 0 Å². The van der Waals surface area contributed by atoms with Crippen molar-refractivity contribution in [3.05, 3.63) is 58.1 Å². The van der Waals surface area contributed by atoms with Gasteiger partial charge in [-0.2, -0.15) is 0 Å². The largest absolute Gasteiger partial charge is 0.393 e. The van der Waals surface area contributed by atoms with Crippen molar-refractivity contribution < 1.29 is 5.11 Å². The zero-order chi connectivity index (χ0) is 18.8. The van der Waals surface area contributed by atoms with Gasteiger partial charge < -0.3 is 15.3 Å². The van der Waals surface area contributed by atoms with Crippen LogP contribution in [-0.4, -0.2) is 48.8 Å². The summed E-state index contributed by atoms with van der Waals surface area (Å²) in [5, 5.41) is 14.9. The van der Waals surface area contributed by atoms with Crippen LogP contribution in [-0.2, 0) is 0 Å². The minimum atomic E-state index is -0.160. The smallest absolute Gasteiger partial charge is 0.0598 e. The summed E-state index contributed by atoms with van der Waals surface area (Å²) in [6, 6.07) is 14.5. The van der Waals surface area contributed by atoms with Gasteiger partial charge in [0.1, 0.15) is 0 Å². The average Bonchev–Trinajstić information content (AvgIpc) is 2.69. The van der Waals surface area contributed by atoms with Gasteiger partial charge in [0.2, 0.25) is 0 Å². The lowest BCUT2D eigenvalue weighted by atomic mass is 9.70. The van der Waals surface area contributed by atoms with E-state index < -0.39 is 0 Å². The highest BCUT2D eigenvalue weighted by atomic mass is 35.5. The number of halogens is 4. The number of nitrogens with one attached hydrogen (secondary N) is 1. The molecule has 0 aromatic heterocycles. The molecule has 0 radical (unpaired) electrons. The average molecular weight is 478 g/mol. The van der Waals surface area contributed by atoms with Crippen LogP contribution in [0.5, 0.6) is 0 Å². The predicted octanol–water partition coefficient (Wildman–Crippen LogP) is 5.26. The lowest BCUT2D eigenvalue weighted by molar-refractivity contribution is 0.000671. The molecule has 2 fully saturated rings. The molecule has 160 valence electrons. The SMILES string of the molecule is Cl.Cl.OC1CCC1C(CN1CCNCC1)c1ccc(-c2ccc(Cl)c(Cl)c2)cc1. The lowest BCUT2D eigenvalue weighted by Gasteiger charge is -2.42. The fourth-order valence-corrected chi connectivity index (χ4v) is 4.53. The van der Waals surface area contributed by atoms with Crippen molar-refractivity contribution >= 4 is 48.0 Å². The van der Waals surface area contributed by atoms with Crippen LogP contribution in [0.25, 0.3) is 11.1 Å². The molecule has 3 atom stereocenters. The first-order valence-electron chi connectivity index (χ1n) is 9.78. The van der Waals surface area contributed by atoms with E-state index in [4.69, 9.17) is 23.2 Å². The quantitative estimate of drug-likeness (QED) is 0.616. The molecular formula is C22H28Cl4N2O. The minimum absolute atomic E-state index is 0. The van der Waals surface area contributed by atoms with E-state index in [0.717, 1.165) is 56.7 Å². The monoisotopic (exact) mass is 476 g/mol. The summed E-state index contributed by atoms with van der Waals surface area (Å²) in [4.78, 5) is 2.53. The third-order valence-corrected chi connectivity index (χ3v) is 6.80. The molecule has 1 aliphatic heterocycles. The van der Waals surface area contributed by atoms with E-state index in [0.29, 0.717) is 21.9 Å². The molecule has 1 aliphatic carbocycles. The lowest BCUT2D eigenvalue weighted by Crippen LogP contribution is -2.47. The first kappa shape index (κ1) is 24.7. The van der Waals surface area contributed by atoms with Crippen LogP contribution in [0.15, 0.2) is 42.5 Å². The van der Waals surface area contributed by atoms with Crippen LogP contribution in [0.2, 0.25) is 10.0 Å². The molecule has 7 heteroatoms. The molecule has 1 saturated heterocycles. The number of aliphatic hydroxyl groups is 1. The maximum atomic E-state index is 10.3. The molecule has 1 saturated carbocycles. The Bertz CT molecular complexity index is 781.